The van der Waals surface area contributed by atoms with Gasteiger partial charge in [-0.2, -0.15) is 0 Å². The molecule has 1 unspecified atom stereocenters. The summed E-state index contributed by atoms with van der Waals surface area (Å²) in [6, 6.07) is -0.310. The fourth-order valence-corrected chi connectivity index (χ4v) is 2.40. The van der Waals surface area contributed by atoms with Gasteiger partial charge in [0.25, 0.3) is 0 Å². The molecule has 2 N–H and O–H groups in total. The van der Waals surface area contributed by atoms with Gasteiger partial charge in [-0.05, 0) is 52.0 Å². The van der Waals surface area contributed by atoms with Gasteiger partial charge in [-0.25, -0.2) is 0 Å². The van der Waals surface area contributed by atoms with E-state index in [1.165, 1.54) is 6.92 Å². The van der Waals surface area contributed by atoms with Gasteiger partial charge in [-0.3, -0.25) is 9.59 Å². The predicted octanol–water partition coefficient (Wildman–Crippen LogP) is 4.29. The Morgan fingerprint density at radius 1 is 1.13 bits per heavy atom. The third-order valence-electron chi connectivity index (χ3n) is 4.05. The van der Waals surface area contributed by atoms with E-state index in [2.05, 4.69) is 13.2 Å². The number of hydrogen-bond acceptors (Lipinski definition) is 3. The van der Waals surface area contributed by atoms with Crippen LogP contribution in [0.25, 0.3) is 0 Å². The molecule has 4 heteroatoms. The molecule has 0 aromatic rings. The molecule has 0 heterocycles. The van der Waals surface area contributed by atoms with Gasteiger partial charge in [0.1, 0.15) is 0 Å². The zero-order valence-electron chi connectivity index (χ0n) is 16.5. The molecule has 0 bridgehead atoms. The largest absolute Gasteiger partial charge is 0.336 e. The van der Waals surface area contributed by atoms with E-state index in [0.717, 1.165) is 32.2 Å². The molecule has 1 fully saturated rings. The monoisotopic (exact) mass is 330 g/mol. The summed E-state index contributed by atoms with van der Waals surface area (Å²) in [7, 11) is 1.73. The van der Waals surface area contributed by atoms with Gasteiger partial charge in [-0.15, -0.1) is 13.2 Å². The van der Waals surface area contributed by atoms with Crippen LogP contribution in [0.3, 0.4) is 0 Å². The summed E-state index contributed by atoms with van der Waals surface area (Å²) in [5.74, 6) is 0.818. The normalized spacial score (nSPS) is 20.2. The number of rotatable bonds is 4. The average molecular weight is 331 g/mol. The van der Waals surface area contributed by atoms with Crippen LogP contribution in [0.15, 0.2) is 13.2 Å². The predicted molar refractivity (Wildman–Crippen MR) is 103 cm³/mol. The highest BCUT2D eigenvalue weighted by Crippen LogP contribution is 2.29. The van der Waals surface area contributed by atoms with Crippen LogP contribution in [0.2, 0.25) is 0 Å². The first kappa shape index (κ1) is 26.7. The Morgan fingerprint density at radius 3 is 1.83 bits per heavy atom. The Balaban J connectivity index is -0.000000256. The molecule has 1 atom stereocenters. The third kappa shape index (κ3) is 10.3. The van der Waals surface area contributed by atoms with Crippen molar-refractivity contribution in [3.63, 3.8) is 0 Å². The highest BCUT2D eigenvalue weighted by molar-refractivity contribution is 5.87. The van der Waals surface area contributed by atoms with Gasteiger partial charge in [-0.1, -0.05) is 27.7 Å². The third-order valence-corrected chi connectivity index (χ3v) is 4.05. The first-order chi connectivity index (χ1) is 11.0. The molecule has 1 aliphatic rings. The van der Waals surface area contributed by atoms with Crippen molar-refractivity contribution in [2.45, 2.75) is 73.3 Å². The first-order valence-corrected chi connectivity index (χ1v) is 8.94. The van der Waals surface area contributed by atoms with Gasteiger partial charge in [0.2, 0.25) is 5.91 Å². The second-order valence-corrected chi connectivity index (χ2v) is 5.19. The maximum atomic E-state index is 12.2. The van der Waals surface area contributed by atoms with Crippen molar-refractivity contribution in [2.24, 2.45) is 17.6 Å². The molecule has 0 aliphatic heterocycles. The van der Waals surface area contributed by atoms with E-state index in [1.54, 1.807) is 18.9 Å². The van der Waals surface area contributed by atoms with Crippen molar-refractivity contribution in [2.75, 3.05) is 13.6 Å². The molecular formula is C19H42N2O2. The molecular weight excluding hydrogens is 288 g/mol. The number of nitrogens with zero attached hydrogens (tertiary/aromatic N) is 1. The van der Waals surface area contributed by atoms with E-state index < -0.39 is 0 Å². The Labute approximate surface area is 146 Å². The number of carbonyl (C=O) groups excluding carboxylic acids is 2. The molecule has 1 rings (SSSR count). The van der Waals surface area contributed by atoms with Crippen LogP contribution in [0.4, 0.5) is 0 Å². The summed E-state index contributed by atoms with van der Waals surface area (Å²) >= 11 is 0. The molecule has 1 amide bonds. The Morgan fingerprint density at radius 2 is 1.52 bits per heavy atom. The van der Waals surface area contributed by atoms with Crippen molar-refractivity contribution in [1.82, 2.24) is 4.90 Å². The number of nitrogens with two attached hydrogens (primary N) is 1. The minimum absolute atomic E-state index is 0. The van der Waals surface area contributed by atoms with E-state index in [0.29, 0.717) is 5.92 Å². The maximum Gasteiger partial charge on any atom is 0.226 e. The van der Waals surface area contributed by atoms with Crippen LogP contribution < -0.4 is 5.73 Å². The highest BCUT2D eigenvalue weighted by atomic mass is 16.2. The van der Waals surface area contributed by atoms with Crippen molar-refractivity contribution < 1.29 is 11.0 Å². The van der Waals surface area contributed by atoms with Crippen LogP contribution in [-0.2, 0) is 9.59 Å². The summed E-state index contributed by atoms with van der Waals surface area (Å²) in [5, 5.41) is 0. The highest BCUT2D eigenvalue weighted by Gasteiger charge is 2.30. The minimum atomic E-state index is -0.310. The Hall–Kier alpha value is -1.16. The summed E-state index contributed by atoms with van der Waals surface area (Å²) < 4.78 is 0. The van der Waals surface area contributed by atoms with Gasteiger partial charge >= 0.3 is 0 Å². The fourth-order valence-electron chi connectivity index (χ4n) is 2.40. The minimum Gasteiger partial charge on any atom is -0.336 e. The van der Waals surface area contributed by atoms with Crippen LogP contribution in [0.1, 0.15) is 68.7 Å². The molecule has 0 aromatic heterocycles. The number of carbonyl (C=O) groups is 2. The van der Waals surface area contributed by atoms with Gasteiger partial charge in [0, 0.05) is 14.4 Å². The topological polar surface area (TPSA) is 63.4 Å². The van der Waals surface area contributed by atoms with E-state index in [-0.39, 0.29) is 25.1 Å². The van der Waals surface area contributed by atoms with Crippen LogP contribution in [-0.4, -0.2) is 36.2 Å². The summed E-state index contributed by atoms with van der Waals surface area (Å²) in [6.07, 6.45) is 3.90. The molecule has 1 aliphatic carbocycles. The number of amides is 1. The lowest BCUT2D eigenvalue weighted by Gasteiger charge is -2.32. The van der Waals surface area contributed by atoms with Crippen LogP contribution in [0, 0.1) is 11.8 Å². The molecule has 140 valence electrons. The molecule has 0 aromatic carbocycles. The Kier molecular flexibility index (Phi) is 20.0. The lowest BCUT2D eigenvalue weighted by molar-refractivity contribution is -0.141. The zero-order valence-corrected chi connectivity index (χ0v) is 16.5. The average Bonchev–Trinajstić information content (AvgIpc) is 2.64. The van der Waals surface area contributed by atoms with E-state index in [4.69, 9.17) is 5.73 Å². The standard InChI is InChI=1S/C13H24N2O2.2C2H6.C2H4.H2/c1-9(10(2)16)15(3)13(17)12-6-4-11(8-14)5-7-12;3*1-2;/h9,11-12H,4-8,14H2,1-3H3;2*1-2H3;1-2H2;1H. The summed E-state index contributed by atoms with van der Waals surface area (Å²) in [5.41, 5.74) is 5.63. The Bertz CT molecular complexity index is 304. The molecule has 0 radical (unpaired) electrons. The number of ketones is 1. The molecule has 23 heavy (non-hydrogen) atoms. The summed E-state index contributed by atoms with van der Waals surface area (Å²) in [4.78, 5) is 25.0. The lowest BCUT2D eigenvalue weighted by Crippen LogP contribution is -2.43. The van der Waals surface area contributed by atoms with Gasteiger partial charge in [0.15, 0.2) is 5.78 Å². The first-order valence-electron chi connectivity index (χ1n) is 8.94. The smallest absolute Gasteiger partial charge is 0.226 e. The number of hydrogen-bond donors (Lipinski definition) is 1. The van der Waals surface area contributed by atoms with Crippen molar-refractivity contribution in [3.8, 4) is 0 Å². The molecule has 0 saturated heterocycles. The lowest BCUT2D eigenvalue weighted by atomic mass is 9.81. The molecule has 0 spiro atoms. The van der Waals surface area contributed by atoms with Crippen molar-refractivity contribution in [3.05, 3.63) is 13.2 Å². The maximum absolute atomic E-state index is 12.2. The molecule has 1 saturated carbocycles. The van der Waals surface area contributed by atoms with E-state index in [9.17, 15) is 9.59 Å². The van der Waals surface area contributed by atoms with Crippen LogP contribution in [0.5, 0.6) is 0 Å². The van der Waals surface area contributed by atoms with Gasteiger partial charge in [0.05, 0.1) is 6.04 Å². The van der Waals surface area contributed by atoms with Crippen LogP contribution >= 0.6 is 0 Å². The number of likely N-dealkylation sites (N-methyl/N-ethyl adjacent to an activating group) is 1. The SMILES string of the molecule is C=C.CC.CC.CC(=O)C(C)N(C)C(=O)C1CCC(CN)CC1.[HH]. The second kappa shape index (κ2) is 17.2. The van der Waals surface area contributed by atoms with Gasteiger partial charge < -0.3 is 10.6 Å². The number of Topliss-reactive ketones (excluding diaryl/α,β-unsaturated/α-hetero) is 1. The van der Waals surface area contributed by atoms with Crippen molar-refractivity contribution >= 4 is 11.7 Å². The van der Waals surface area contributed by atoms with E-state index in [1.807, 2.05) is 27.7 Å². The van der Waals surface area contributed by atoms with E-state index >= 15 is 0 Å². The molecule has 4 nitrogen and oxygen atoms in total. The van der Waals surface area contributed by atoms with Crippen molar-refractivity contribution in [1.29, 1.82) is 0 Å². The second-order valence-electron chi connectivity index (χ2n) is 5.19. The summed E-state index contributed by atoms with van der Waals surface area (Å²) in [6.45, 7) is 18.0. The fraction of sp³-hybridized carbons (Fsp3) is 0.789. The zero-order chi connectivity index (χ0) is 19.0. The quantitative estimate of drug-likeness (QED) is 0.782.